The van der Waals surface area contributed by atoms with Gasteiger partial charge in [0.05, 0.1) is 6.20 Å². The largest absolute Gasteiger partial charge is 0.436 e. The Balaban J connectivity index is 2.13. The normalized spacial score (nSPS) is 21.1. The van der Waals surface area contributed by atoms with E-state index < -0.39 is 0 Å². The van der Waals surface area contributed by atoms with Crippen LogP contribution in [-0.4, -0.2) is 28.4 Å². The van der Waals surface area contributed by atoms with Gasteiger partial charge in [-0.3, -0.25) is 4.79 Å². The highest BCUT2D eigenvalue weighted by molar-refractivity contribution is 5.91. The van der Waals surface area contributed by atoms with Crippen molar-refractivity contribution in [2.24, 2.45) is 0 Å². The summed E-state index contributed by atoms with van der Waals surface area (Å²) in [4.78, 5) is 18.1. The average molecular weight is 222 g/mol. The fraction of sp³-hybridized carbons (Fsp3) is 0.667. The van der Waals surface area contributed by atoms with Gasteiger partial charge in [0.25, 0.3) is 5.91 Å². The van der Waals surface area contributed by atoms with Crippen LogP contribution in [0.4, 0.5) is 0 Å². The van der Waals surface area contributed by atoms with Crippen LogP contribution >= 0.6 is 0 Å². The predicted molar refractivity (Wildman–Crippen MR) is 60.2 cm³/mol. The van der Waals surface area contributed by atoms with E-state index in [0.717, 1.165) is 25.8 Å². The molecule has 2 heterocycles. The molecule has 0 spiro atoms. The predicted octanol–water partition coefficient (Wildman–Crippen LogP) is 2.39. The van der Waals surface area contributed by atoms with E-state index in [1.807, 2.05) is 4.90 Å². The third-order valence-electron chi connectivity index (χ3n) is 3.19. The minimum atomic E-state index is -0.00727. The maximum Gasteiger partial charge on any atom is 0.291 e. The van der Waals surface area contributed by atoms with Gasteiger partial charge in [-0.25, -0.2) is 4.98 Å². The topological polar surface area (TPSA) is 46.3 Å². The molecule has 1 atom stereocenters. The highest BCUT2D eigenvalue weighted by atomic mass is 16.4. The van der Waals surface area contributed by atoms with E-state index in [1.165, 1.54) is 12.6 Å². The Hall–Kier alpha value is -1.32. The number of nitrogens with zero attached hydrogens (tertiary/aromatic N) is 2. The number of piperidine rings is 1. The third kappa shape index (κ3) is 2.10. The van der Waals surface area contributed by atoms with E-state index in [4.69, 9.17) is 4.42 Å². The molecule has 0 bridgehead atoms. The van der Waals surface area contributed by atoms with Crippen molar-refractivity contribution in [1.29, 1.82) is 0 Å². The molecule has 1 amide bonds. The molecule has 16 heavy (non-hydrogen) atoms. The Morgan fingerprint density at radius 1 is 1.62 bits per heavy atom. The first-order chi connectivity index (χ1) is 7.72. The number of carbonyl (C=O) groups excluding carboxylic acids is 1. The number of rotatable bonds is 2. The summed E-state index contributed by atoms with van der Waals surface area (Å²) in [5.74, 6) is 0.915. The van der Waals surface area contributed by atoms with Gasteiger partial charge in [0.15, 0.2) is 5.89 Å². The summed E-state index contributed by atoms with van der Waals surface area (Å²) < 4.78 is 5.29. The number of carbonyl (C=O) groups is 1. The molecule has 4 nitrogen and oxygen atoms in total. The van der Waals surface area contributed by atoms with E-state index >= 15 is 0 Å². The number of aryl methyl sites for hydroxylation is 1. The Bertz CT molecular complexity index is 373. The molecule has 1 aromatic rings. The molecule has 1 fully saturated rings. The van der Waals surface area contributed by atoms with Crippen molar-refractivity contribution < 1.29 is 9.21 Å². The van der Waals surface area contributed by atoms with Gasteiger partial charge in [0, 0.05) is 19.5 Å². The minimum Gasteiger partial charge on any atom is -0.436 e. The van der Waals surface area contributed by atoms with Gasteiger partial charge in [-0.2, -0.15) is 0 Å². The first-order valence-corrected chi connectivity index (χ1v) is 5.95. The highest BCUT2D eigenvalue weighted by Gasteiger charge is 2.27. The van der Waals surface area contributed by atoms with Crippen LogP contribution in [-0.2, 0) is 0 Å². The van der Waals surface area contributed by atoms with Crippen LogP contribution < -0.4 is 0 Å². The number of amides is 1. The lowest BCUT2D eigenvalue weighted by Crippen LogP contribution is -2.43. The Morgan fingerprint density at radius 2 is 2.44 bits per heavy atom. The monoisotopic (exact) mass is 222 g/mol. The first-order valence-electron chi connectivity index (χ1n) is 5.95. The lowest BCUT2D eigenvalue weighted by Gasteiger charge is -2.34. The number of likely N-dealkylation sites (tertiary alicyclic amines) is 1. The Kier molecular flexibility index (Phi) is 3.27. The zero-order chi connectivity index (χ0) is 11.5. The smallest absolute Gasteiger partial charge is 0.291 e. The first kappa shape index (κ1) is 11.2. The van der Waals surface area contributed by atoms with Crippen LogP contribution in [0.25, 0.3) is 0 Å². The standard InChI is InChI=1S/C12H18N2O2/c1-3-10-6-4-5-7-14(10)12(15)11-8-13-9(2)16-11/h8,10H,3-7H2,1-2H3. The van der Waals surface area contributed by atoms with Crippen molar-refractivity contribution in [1.82, 2.24) is 9.88 Å². The maximum atomic E-state index is 12.2. The maximum absolute atomic E-state index is 12.2. The fourth-order valence-corrected chi connectivity index (χ4v) is 2.29. The van der Waals surface area contributed by atoms with E-state index in [0.29, 0.717) is 17.7 Å². The van der Waals surface area contributed by atoms with Crippen LogP contribution in [0.5, 0.6) is 0 Å². The van der Waals surface area contributed by atoms with Gasteiger partial charge in [0.1, 0.15) is 0 Å². The van der Waals surface area contributed by atoms with Crippen LogP contribution in [0.2, 0.25) is 0 Å². The number of hydrogen-bond donors (Lipinski definition) is 0. The molecule has 1 aliphatic heterocycles. The van der Waals surface area contributed by atoms with Gasteiger partial charge in [-0.1, -0.05) is 6.92 Å². The van der Waals surface area contributed by atoms with Crippen LogP contribution in [0.1, 0.15) is 49.1 Å². The van der Waals surface area contributed by atoms with E-state index in [1.54, 1.807) is 6.92 Å². The average Bonchev–Trinajstić information content (AvgIpc) is 2.75. The van der Waals surface area contributed by atoms with Crippen molar-refractivity contribution in [3.05, 3.63) is 17.8 Å². The lowest BCUT2D eigenvalue weighted by molar-refractivity contribution is 0.0574. The molecular formula is C12H18N2O2. The molecule has 1 saturated heterocycles. The quantitative estimate of drug-likeness (QED) is 0.771. The van der Waals surface area contributed by atoms with Crippen LogP contribution in [0.3, 0.4) is 0 Å². The fourth-order valence-electron chi connectivity index (χ4n) is 2.29. The number of oxazole rings is 1. The minimum absolute atomic E-state index is 0.00727. The molecule has 1 aliphatic rings. The summed E-state index contributed by atoms with van der Waals surface area (Å²) in [6, 6.07) is 0.367. The van der Waals surface area contributed by atoms with Gasteiger partial charge < -0.3 is 9.32 Å². The molecule has 0 aliphatic carbocycles. The molecule has 1 unspecified atom stereocenters. The molecular weight excluding hydrogens is 204 g/mol. The van der Waals surface area contributed by atoms with E-state index in [-0.39, 0.29) is 5.91 Å². The summed E-state index contributed by atoms with van der Waals surface area (Å²) in [7, 11) is 0. The van der Waals surface area contributed by atoms with Crippen LogP contribution in [0, 0.1) is 6.92 Å². The SMILES string of the molecule is CCC1CCCCN1C(=O)c1cnc(C)o1. The van der Waals surface area contributed by atoms with Gasteiger partial charge in [-0.05, 0) is 25.7 Å². The molecule has 4 heteroatoms. The van der Waals surface area contributed by atoms with Crippen molar-refractivity contribution in [3.8, 4) is 0 Å². The summed E-state index contributed by atoms with van der Waals surface area (Å²) in [5, 5.41) is 0. The van der Waals surface area contributed by atoms with E-state index in [9.17, 15) is 4.79 Å². The van der Waals surface area contributed by atoms with E-state index in [2.05, 4.69) is 11.9 Å². The summed E-state index contributed by atoms with van der Waals surface area (Å²) in [6.45, 7) is 4.73. The summed E-state index contributed by atoms with van der Waals surface area (Å²) >= 11 is 0. The Labute approximate surface area is 95.6 Å². The van der Waals surface area contributed by atoms with Crippen molar-refractivity contribution in [2.75, 3.05) is 6.54 Å². The van der Waals surface area contributed by atoms with Crippen molar-refractivity contribution in [2.45, 2.75) is 45.6 Å². The summed E-state index contributed by atoms with van der Waals surface area (Å²) in [5.41, 5.74) is 0. The zero-order valence-corrected chi connectivity index (χ0v) is 9.90. The highest BCUT2D eigenvalue weighted by Crippen LogP contribution is 2.21. The van der Waals surface area contributed by atoms with Gasteiger partial charge >= 0.3 is 0 Å². The zero-order valence-electron chi connectivity index (χ0n) is 9.90. The van der Waals surface area contributed by atoms with Crippen molar-refractivity contribution in [3.63, 3.8) is 0 Å². The molecule has 88 valence electrons. The molecule has 0 N–H and O–H groups in total. The van der Waals surface area contributed by atoms with Gasteiger partial charge in [0.2, 0.25) is 5.76 Å². The van der Waals surface area contributed by atoms with Crippen molar-refractivity contribution >= 4 is 5.91 Å². The Morgan fingerprint density at radius 3 is 3.06 bits per heavy atom. The summed E-state index contributed by atoms with van der Waals surface area (Å²) in [6.07, 6.45) is 5.96. The second kappa shape index (κ2) is 4.68. The molecule has 0 saturated carbocycles. The number of aromatic nitrogens is 1. The second-order valence-corrected chi connectivity index (χ2v) is 4.30. The molecule has 1 aromatic heterocycles. The second-order valence-electron chi connectivity index (χ2n) is 4.30. The molecule has 0 aromatic carbocycles. The van der Waals surface area contributed by atoms with Crippen LogP contribution in [0.15, 0.2) is 10.6 Å². The molecule has 2 rings (SSSR count). The number of hydrogen-bond acceptors (Lipinski definition) is 3. The molecule has 0 radical (unpaired) electrons. The lowest BCUT2D eigenvalue weighted by atomic mass is 10.00. The van der Waals surface area contributed by atoms with Gasteiger partial charge in [-0.15, -0.1) is 0 Å². The third-order valence-corrected chi connectivity index (χ3v) is 3.19.